The van der Waals surface area contributed by atoms with E-state index in [0.717, 1.165) is 12.8 Å². The van der Waals surface area contributed by atoms with Gasteiger partial charge in [-0.2, -0.15) is 0 Å². The summed E-state index contributed by atoms with van der Waals surface area (Å²) in [5.74, 6) is 0. The van der Waals surface area contributed by atoms with E-state index in [4.69, 9.17) is 0 Å². The molecular weight excluding hydrogens is 154 g/mol. The van der Waals surface area contributed by atoms with Crippen molar-refractivity contribution in [2.75, 3.05) is 0 Å². The van der Waals surface area contributed by atoms with Crippen molar-refractivity contribution in [1.29, 1.82) is 0 Å². The van der Waals surface area contributed by atoms with Crippen molar-refractivity contribution in [3.63, 3.8) is 0 Å². The van der Waals surface area contributed by atoms with Gasteiger partial charge in [-0.1, -0.05) is 6.08 Å². The van der Waals surface area contributed by atoms with E-state index in [1.807, 2.05) is 6.08 Å². The second-order valence-electron chi connectivity index (χ2n) is 2.56. The summed E-state index contributed by atoms with van der Waals surface area (Å²) in [4.78, 5) is 5.77. The average Bonchev–Trinajstić information content (AvgIpc) is 2.26. The summed E-state index contributed by atoms with van der Waals surface area (Å²) in [6.07, 6.45) is 4.01. The summed E-state index contributed by atoms with van der Waals surface area (Å²) in [6, 6.07) is 0. The van der Waals surface area contributed by atoms with Gasteiger partial charge in [0.2, 0.25) is 0 Å². The van der Waals surface area contributed by atoms with Crippen molar-refractivity contribution in [2.45, 2.75) is 26.7 Å². The molecule has 2 heteroatoms. The van der Waals surface area contributed by atoms with Crippen LogP contribution in [-0.2, 0) is 6.42 Å². The van der Waals surface area contributed by atoms with Crippen molar-refractivity contribution < 1.29 is 0 Å². The fraction of sp³-hybridized carbons (Fsp3) is 0.444. The number of nitrogens with zero attached hydrogens (tertiary/aromatic N) is 1. The minimum Gasteiger partial charge on any atom is -0.246 e. The normalized spacial score (nSPS) is 10.0. The predicted octanol–water partition coefficient (Wildman–Crippen LogP) is 2.88. The second kappa shape index (κ2) is 3.67. The first kappa shape index (κ1) is 8.47. The minimum atomic E-state index is 1.03. The molecule has 0 unspecified atom stereocenters. The Morgan fingerprint density at radius 2 is 2.27 bits per heavy atom. The van der Waals surface area contributed by atoms with Gasteiger partial charge in [-0.15, -0.1) is 17.9 Å². The number of aryl methyl sites for hydroxylation is 3. The number of rotatable bonds is 3. The van der Waals surface area contributed by atoms with Crippen LogP contribution in [0.3, 0.4) is 0 Å². The zero-order valence-electron chi connectivity index (χ0n) is 7.05. The SMILES string of the molecule is C=CCCc1nc(C)sc1C. The molecule has 0 N–H and O–H groups in total. The molecule has 0 radical (unpaired) electrons. The van der Waals surface area contributed by atoms with Gasteiger partial charge in [-0.3, -0.25) is 0 Å². The van der Waals surface area contributed by atoms with Crippen LogP contribution in [-0.4, -0.2) is 4.98 Å². The van der Waals surface area contributed by atoms with E-state index >= 15 is 0 Å². The number of hydrogen-bond donors (Lipinski definition) is 0. The average molecular weight is 167 g/mol. The minimum absolute atomic E-state index is 1.03. The monoisotopic (exact) mass is 167 g/mol. The van der Waals surface area contributed by atoms with Gasteiger partial charge in [-0.25, -0.2) is 4.98 Å². The Hall–Kier alpha value is -0.630. The maximum atomic E-state index is 4.42. The Morgan fingerprint density at radius 1 is 1.55 bits per heavy atom. The lowest BCUT2D eigenvalue weighted by Gasteiger charge is -1.91. The fourth-order valence-electron chi connectivity index (χ4n) is 1.04. The molecule has 0 saturated carbocycles. The van der Waals surface area contributed by atoms with Crippen LogP contribution in [0.15, 0.2) is 12.7 Å². The molecule has 0 aliphatic carbocycles. The molecular formula is C9H13NS. The third kappa shape index (κ3) is 2.15. The second-order valence-corrected chi connectivity index (χ2v) is 3.97. The van der Waals surface area contributed by atoms with E-state index in [1.165, 1.54) is 15.6 Å². The van der Waals surface area contributed by atoms with Crippen LogP contribution < -0.4 is 0 Å². The van der Waals surface area contributed by atoms with E-state index < -0.39 is 0 Å². The fourth-order valence-corrected chi connectivity index (χ4v) is 1.91. The lowest BCUT2D eigenvalue weighted by Crippen LogP contribution is -1.85. The lowest BCUT2D eigenvalue weighted by atomic mass is 10.2. The smallest absolute Gasteiger partial charge is 0.0900 e. The van der Waals surface area contributed by atoms with E-state index in [0.29, 0.717) is 0 Å². The molecule has 1 heterocycles. The molecule has 0 aliphatic heterocycles. The Labute approximate surface area is 71.8 Å². The molecule has 1 aromatic rings. The highest BCUT2D eigenvalue weighted by atomic mass is 32.1. The van der Waals surface area contributed by atoms with Crippen LogP contribution in [0, 0.1) is 13.8 Å². The predicted molar refractivity (Wildman–Crippen MR) is 50.1 cm³/mol. The van der Waals surface area contributed by atoms with Gasteiger partial charge in [0.1, 0.15) is 0 Å². The van der Waals surface area contributed by atoms with Crippen LogP contribution in [0.2, 0.25) is 0 Å². The van der Waals surface area contributed by atoms with E-state index in [9.17, 15) is 0 Å². The lowest BCUT2D eigenvalue weighted by molar-refractivity contribution is 0.942. The summed E-state index contributed by atoms with van der Waals surface area (Å²) in [7, 11) is 0. The zero-order valence-corrected chi connectivity index (χ0v) is 7.87. The Balaban J connectivity index is 2.69. The van der Waals surface area contributed by atoms with E-state index in [1.54, 1.807) is 11.3 Å². The van der Waals surface area contributed by atoms with Gasteiger partial charge in [0.05, 0.1) is 10.7 Å². The molecule has 0 aliphatic rings. The third-order valence-electron chi connectivity index (χ3n) is 1.58. The Morgan fingerprint density at radius 3 is 2.73 bits per heavy atom. The summed E-state index contributed by atoms with van der Waals surface area (Å²) in [6.45, 7) is 7.87. The number of allylic oxidation sites excluding steroid dienone is 1. The van der Waals surface area contributed by atoms with Gasteiger partial charge >= 0.3 is 0 Å². The first-order valence-corrected chi connectivity index (χ1v) is 4.59. The van der Waals surface area contributed by atoms with Crippen LogP contribution in [0.1, 0.15) is 22.0 Å². The van der Waals surface area contributed by atoms with Gasteiger partial charge in [-0.05, 0) is 26.7 Å². The highest BCUT2D eigenvalue weighted by molar-refractivity contribution is 7.11. The van der Waals surface area contributed by atoms with Gasteiger partial charge in [0.15, 0.2) is 0 Å². The van der Waals surface area contributed by atoms with Crippen molar-refractivity contribution in [3.05, 3.63) is 28.2 Å². The van der Waals surface area contributed by atoms with E-state index in [-0.39, 0.29) is 0 Å². The molecule has 60 valence electrons. The molecule has 0 atom stereocenters. The van der Waals surface area contributed by atoms with Gasteiger partial charge < -0.3 is 0 Å². The van der Waals surface area contributed by atoms with Crippen LogP contribution in [0.25, 0.3) is 0 Å². The maximum absolute atomic E-state index is 4.42. The molecule has 0 fully saturated rings. The van der Waals surface area contributed by atoms with Crippen LogP contribution in [0.4, 0.5) is 0 Å². The highest BCUT2D eigenvalue weighted by Crippen LogP contribution is 2.17. The standard InChI is InChI=1S/C9H13NS/c1-4-5-6-9-7(2)11-8(3)10-9/h4H,1,5-6H2,2-3H3. The van der Waals surface area contributed by atoms with Crippen molar-refractivity contribution in [1.82, 2.24) is 4.98 Å². The maximum Gasteiger partial charge on any atom is 0.0900 e. The van der Waals surface area contributed by atoms with Crippen molar-refractivity contribution in [3.8, 4) is 0 Å². The molecule has 1 rings (SSSR count). The molecule has 1 nitrogen and oxygen atoms in total. The highest BCUT2D eigenvalue weighted by Gasteiger charge is 2.02. The summed E-state index contributed by atoms with van der Waals surface area (Å²) in [5, 5.41) is 1.17. The summed E-state index contributed by atoms with van der Waals surface area (Å²) < 4.78 is 0. The van der Waals surface area contributed by atoms with Gasteiger partial charge in [0, 0.05) is 4.88 Å². The molecule has 0 bridgehead atoms. The third-order valence-corrected chi connectivity index (χ3v) is 2.51. The number of aromatic nitrogens is 1. The van der Waals surface area contributed by atoms with Gasteiger partial charge in [0.25, 0.3) is 0 Å². The molecule has 0 amide bonds. The zero-order chi connectivity index (χ0) is 8.27. The topological polar surface area (TPSA) is 12.9 Å². The van der Waals surface area contributed by atoms with Crippen molar-refractivity contribution in [2.24, 2.45) is 0 Å². The van der Waals surface area contributed by atoms with Crippen LogP contribution >= 0.6 is 11.3 Å². The molecule has 0 aromatic carbocycles. The van der Waals surface area contributed by atoms with Crippen LogP contribution in [0.5, 0.6) is 0 Å². The molecule has 11 heavy (non-hydrogen) atoms. The Bertz CT molecular complexity index is 250. The summed E-state index contributed by atoms with van der Waals surface area (Å²) >= 11 is 1.77. The molecule has 0 saturated heterocycles. The molecule has 1 aromatic heterocycles. The largest absolute Gasteiger partial charge is 0.246 e. The number of thiazole rings is 1. The van der Waals surface area contributed by atoms with Crippen molar-refractivity contribution >= 4 is 11.3 Å². The quantitative estimate of drug-likeness (QED) is 0.631. The first-order chi connectivity index (χ1) is 5.24. The number of hydrogen-bond acceptors (Lipinski definition) is 2. The summed E-state index contributed by atoms with van der Waals surface area (Å²) in [5.41, 5.74) is 1.24. The first-order valence-electron chi connectivity index (χ1n) is 3.78. The van der Waals surface area contributed by atoms with E-state index in [2.05, 4.69) is 25.4 Å². The Kier molecular flexibility index (Phi) is 2.83. The molecule has 0 spiro atoms.